The van der Waals surface area contributed by atoms with Gasteiger partial charge < -0.3 is 10.6 Å². The third-order valence-corrected chi connectivity index (χ3v) is 4.09. The molecule has 1 aliphatic carbocycles. The summed E-state index contributed by atoms with van der Waals surface area (Å²) in [6, 6.07) is 0.502. The quantitative estimate of drug-likeness (QED) is 0.862. The summed E-state index contributed by atoms with van der Waals surface area (Å²) in [6.07, 6.45) is 3.74. The lowest BCUT2D eigenvalue weighted by atomic mass is 10.2. The van der Waals surface area contributed by atoms with Gasteiger partial charge in [0.25, 0.3) is 0 Å². The number of hydrogen-bond acceptors (Lipinski definition) is 4. The van der Waals surface area contributed by atoms with Gasteiger partial charge in [0.15, 0.2) is 5.82 Å². The average Bonchev–Trinajstić information content (AvgIpc) is 2.91. The number of fused-ring (bicyclic) bond motifs is 1. The molecule has 1 aromatic rings. The molecule has 0 bridgehead atoms. The fourth-order valence-electron chi connectivity index (χ4n) is 2.22. The molecule has 2 heterocycles. The van der Waals surface area contributed by atoms with Gasteiger partial charge in [-0.15, -0.1) is 0 Å². The van der Waals surface area contributed by atoms with E-state index in [-0.39, 0.29) is 11.9 Å². The summed E-state index contributed by atoms with van der Waals surface area (Å²) in [7, 11) is 0. The molecule has 3 atom stereocenters. The summed E-state index contributed by atoms with van der Waals surface area (Å²) < 4.78 is 0.664. The van der Waals surface area contributed by atoms with Gasteiger partial charge in [-0.3, -0.25) is 9.78 Å². The van der Waals surface area contributed by atoms with Gasteiger partial charge in [-0.05, 0) is 41.6 Å². The normalized spacial score (nSPS) is 29.9. The van der Waals surface area contributed by atoms with Crippen LogP contribution < -0.4 is 10.6 Å². The zero-order valence-corrected chi connectivity index (χ0v) is 11.0. The molecule has 0 spiro atoms. The van der Waals surface area contributed by atoms with Crippen molar-refractivity contribution in [2.45, 2.75) is 31.8 Å². The van der Waals surface area contributed by atoms with Gasteiger partial charge in [0.1, 0.15) is 4.60 Å². The molecule has 0 aromatic carbocycles. The molecular weight excluding hydrogens is 284 g/mol. The van der Waals surface area contributed by atoms with Crippen LogP contribution in [-0.4, -0.2) is 28.0 Å². The lowest BCUT2D eigenvalue weighted by Gasteiger charge is -2.12. The van der Waals surface area contributed by atoms with Gasteiger partial charge in [-0.2, -0.15) is 0 Å². The average molecular weight is 297 g/mol. The van der Waals surface area contributed by atoms with E-state index in [1.54, 1.807) is 6.20 Å². The van der Waals surface area contributed by atoms with Crippen LogP contribution in [0.4, 0.5) is 5.82 Å². The Morgan fingerprint density at radius 3 is 3.06 bits per heavy atom. The van der Waals surface area contributed by atoms with E-state index in [4.69, 9.17) is 0 Å². The number of nitrogens with zero attached hydrogens (tertiary/aromatic N) is 2. The predicted molar refractivity (Wildman–Crippen MR) is 66.5 cm³/mol. The number of carbonyl (C=O) groups excluding carboxylic acids is 1. The Bertz CT molecular complexity index is 469. The molecule has 1 unspecified atom stereocenters. The topological polar surface area (TPSA) is 66.9 Å². The molecule has 2 N–H and O–H groups in total. The third kappa shape index (κ3) is 2.19. The Balaban J connectivity index is 1.65. The Morgan fingerprint density at radius 1 is 1.59 bits per heavy atom. The summed E-state index contributed by atoms with van der Waals surface area (Å²) in [5.41, 5.74) is 0.809. The lowest BCUT2D eigenvalue weighted by Crippen LogP contribution is -2.38. The van der Waals surface area contributed by atoms with Crippen molar-refractivity contribution in [1.82, 2.24) is 15.3 Å². The van der Waals surface area contributed by atoms with Crippen molar-refractivity contribution >= 4 is 27.7 Å². The molecule has 5 nitrogen and oxygen atoms in total. The fourth-order valence-corrected chi connectivity index (χ4v) is 2.52. The highest BCUT2D eigenvalue weighted by molar-refractivity contribution is 9.10. The lowest BCUT2D eigenvalue weighted by molar-refractivity contribution is -0.118. The SMILES string of the molecule is Cc1ncc(NC(=O)[C@@H]2C[C@H]3CC3N2)nc1Br. The van der Waals surface area contributed by atoms with E-state index < -0.39 is 0 Å². The van der Waals surface area contributed by atoms with E-state index in [2.05, 4.69) is 36.5 Å². The van der Waals surface area contributed by atoms with E-state index in [0.717, 1.165) is 12.1 Å². The summed E-state index contributed by atoms with van der Waals surface area (Å²) in [5, 5.41) is 6.09. The molecule has 1 saturated heterocycles. The highest BCUT2D eigenvalue weighted by atomic mass is 79.9. The van der Waals surface area contributed by atoms with Crippen molar-refractivity contribution in [2.75, 3.05) is 5.32 Å². The second-order valence-corrected chi connectivity index (χ2v) is 5.43. The van der Waals surface area contributed by atoms with Crippen LogP contribution in [0.1, 0.15) is 18.5 Å². The maximum absolute atomic E-state index is 11.9. The van der Waals surface area contributed by atoms with E-state index in [9.17, 15) is 4.79 Å². The van der Waals surface area contributed by atoms with Gasteiger partial charge >= 0.3 is 0 Å². The molecule has 2 aliphatic rings. The van der Waals surface area contributed by atoms with Gasteiger partial charge in [-0.1, -0.05) is 0 Å². The highest BCUT2D eigenvalue weighted by Crippen LogP contribution is 2.40. The first-order valence-electron chi connectivity index (χ1n) is 5.69. The monoisotopic (exact) mass is 296 g/mol. The molecule has 3 rings (SSSR count). The van der Waals surface area contributed by atoms with Crippen molar-refractivity contribution < 1.29 is 4.79 Å². The number of amides is 1. The molecule has 1 saturated carbocycles. The minimum Gasteiger partial charge on any atom is -0.308 e. The molecule has 6 heteroatoms. The standard InChI is InChI=1S/C11H13BrN4O/c1-5-10(12)15-9(4-13-5)16-11(17)8-3-6-2-7(6)14-8/h4,6-8,14H,2-3H2,1H3,(H,15,16,17)/t6-,7?,8+/m1/s1. The number of halogens is 1. The molecular formula is C11H13BrN4O. The van der Waals surface area contributed by atoms with Gasteiger partial charge in [0.2, 0.25) is 5.91 Å². The van der Waals surface area contributed by atoms with Crippen molar-refractivity contribution in [3.8, 4) is 0 Å². The first kappa shape index (κ1) is 11.1. The van der Waals surface area contributed by atoms with Gasteiger partial charge in [0, 0.05) is 6.04 Å². The molecule has 90 valence electrons. The number of carbonyl (C=O) groups is 1. The van der Waals surface area contributed by atoms with Crippen molar-refractivity contribution in [2.24, 2.45) is 5.92 Å². The summed E-state index contributed by atoms with van der Waals surface area (Å²) in [5.74, 6) is 1.19. The van der Waals surface area contributed by atoms with Crippen LogP contribution in [0, 0.1) is 12.8 Å². The van der Waals surface area contributed by atoms with Crippen molar-refractivity contribution in [3.63, 3.8) is 0 Å². The van der Waals surface area contributed by atoms with Crippen LogP contribution in [0.3, 0.4) is 0 Å². The van der Waals surface area contributed by atoms with Crippen molar-refractivity contribution in [3.05, 3.63) is 16.5 Å². The molecule has 17 heavy (non-hydrogen) atoms. The second kappa shape index (κ2) is 4.03. The summed E-state index contributed by atoms with van der Waals surface area (Å²) >= 11 is 3.30. The number of hydrogen-bond donors (Lipinski definition) is 2. The maximum atomic E-state index is 11.9. The van der Waals surface area contributed by atoms with Crippen LogP contribution >= 0.6 is 15.9 Å². The number of piperidine rings is 1. The number of aromatic nitrogens is 2. The third-order valence-electron chi connectivity index (χ3n) is 3.34. The van der Waals surface area contributed by atoms with Crippen LogP contribution in [0.25, 0.3) is 0 Å². The van der Waals surface area contributed by atoms with E-state index >= 15 is 0 Å². The van der Waals surface area contributed by atoms with Crippen LogP contribution in [0.2, 0.25) is 0 Å². The zero-order chi connectivity index (χ0) is 12.0. The molecule has 1 aromatic heterocycles. The van der Waals surface area contributed by atoms with Crippen LogP contribution in [-0.2, 0) is 4.79 Å². The molecule has 1 aliphatic heterocycles. The fraction of sp³-hybridized carbons (Fsp3) is 0.545. The Morgan fingerprint density at radius 2 is 2.41 bits per heavy atom. The van der Waals surface area contributed by atoms with Gasteiger partial charge in [0.05, 0.1) is 17.9 Å². The Kier molecular flexibility index (Phi) is 2.63. The predicted octanol–water partition coefficient (Wildman–Crippen LogP) is 1.24. The summed E-state index contributed by atoms with van der Waals surface area (Å²) in [4.78, 5) is 20.3. The highest BCUT2D eigenvalue weighted by Gasteiger charge is 2.47. The number of aryl methyl sites for hydroxylation is 1. The van der Waals surface area contributed by atoms with E-state index in [1.165, 1.54) is 6.42 Å². The number of rotatable bonds is 2. The van der Waals surface area contributed by atoms with Crippen LogP contribution in [0.5, 0.6) is 0 Å². The van der Waals surface area contributed by atoms with E-state index in [1.807, 2.05) is 6.92 Å². The number of nitrogens with one attached hydrogen (secondary N) is 2. The zero-order valence-electron chi connectivity index (χ0n) is 9.40. The minimum atomic E-state index is -0.0689. The first-order chi connectivity index (χ1) is 8.13. The van der Waals surface area contributed by atoms with E-state index in [0.29, 0.717) is 22.4 Å². The number of anilines is 1. The van der Waals surface area contributed by atoms with Crippen LogP contribution in [0.15, 0.2) is 10.8 Å². The molecule has 2 fully saturated rings. The summed E-state index contributed by atoms with van der Waals surface area (Å²) in [6.45, 7) is 1.86. The molecule has 0 radical (unpaired) electrons. The minimum absolute atomic E-state index is 0.0118. The maximum Gasteiger partial charge on any atom is 0.242 e. The molecule has 1 amide bonds. The van der Waals surface area contributed by atoms with Gasteiger partial charge in [-0.25, -0.2) is 4.98 Å². The van der Waals surface area contributed by atoms with Crippen molar-refractivity contribution in [1.29, 1.82) is 0 Å². The largest absolute Gasteiger partial charge is 0.308 e. The Hall–Kier alpha value is -1.01. The first-order valence-corrected chi connectivity index (χ1v) is 6.49. The second-order valence-electron chi connectivity index (χ2n) is 4.68. The Labute approximate surface area is 108 Å². The smallest absolute Gasteiger partial charge is 0.242 e.